The summed E-state index contributed by atoms with van der Waals surface area (Å²) in [6.45, 7) is 0. The van der Waals surface area contributed by atoms with E-state index in [0.717, 1.165) is 38.5 Å². The molecule has 0 heterocycles. The van der Waals surface area contributed by atoms with Gasteiger partial charge in [0.1, 0.15) is 0 Å². The van der Waals surface area contributed by atoms with Gasteiger partial charge in [-0.1, -0.05) is 25.7 Å². The minimum absolute atomic E-state index is 0.110. The Bertz CT molecular complexity index is 188. The molecule has 108 valence electrons. The lowest BCUT2D eigenvalue weighted by Gasteiger charge is -2.25. The van der Waals surface area contributed by atoms with Crippen molar-refractivity contribution in [3.63, 3.8) is 0 Å². The highest BCUT2D eigenvalue weighted by molar-refractivity contribution is 4.74. The molecule has 2 aliphatic carbocycles. The average molecular weight is 260 g/mol. The van der Waals surface area contributed by atoms with Crippen molar-refractivity contribution in [2.75, 3.05) is 14.2 Å². The van der Waals surface area contributed by atoms with Gasteiger partial charge in [0.2, 0.25) is 0 Å². The van der Waals surface area contributed by atoms with Crippen molar-refractivity contribution in [2.24, 2.45) is 0 Å². The summed E-state index contributed by atoms with van der Waals surface area (Å²) in [6, 6.07) is 0. The average Bonchev–Trinajstić information content (AvgIpc) is 2.41. The van der Waals surface area contributed by atoms with E-state index in [9.17, 15) is 10.2 Å². The van der Waals surface area contributed by atoms with Crippen LogP contribution in [0.25, 0.3) is 0 Å². The number of ether oxygens (including phenoxy) is 2. The Labute approximate surface area is 110 Å². The van der Waals surface area contributed by atoms with Crippen LogP contribution in [0.3, 0.4) is 0 Å². The fourth-order valence-electron chi connectivity index (χ4n) is 2.70. The van der Waals surface area contributed by atoms with E-state index in [2.05, 4.69) is 0 Å². The Hall–Kier alpha value is -0.160. The normalized spacial score (nSPS) is 36.7. The molecule has 0 bridgehead atoms. The molecule has 0 spiro atoms. The van der Waals surface area contributed by atoms with Crippen molar-refractivity contribution >= 4 is 0 Å². The molecule has 0 amide bonds. The van der Waals surface area contributed by atoms with Gasteiger partial charge in [0, 0.05) is 14.2 Å². The highest BCUT2D eigenvalue weighted by Crippen LogP contribution is 2.20. The van der Waals surface area contributed by atoms with E-state index in [1.54, 1.807) is 14.2 Å². The van der Waals surface area contributed by atoms with Gasteiger partial charge >= 0.3 is 0 Å². The minimum atomic E-state index is -0.205. The second kappa shape index (κ2) is 8.86. The smallest absolute Gasteiger partial charge is 0.0830 e. The van der Waals surface area contributed by atoms with Crippen molar-refractivity contribution in [1.82, 2.24) is 0 Å². The van der Waals surface area contributed by atoms with Crippen molar-refractivity contribution in [1.29, 1.82) is 0 Å². The van der Waals surface area contributed by atoms with Crippen LogP contribution in [0, 0.1) is 0 Å². The molecule has 4 heteroatoms. The van der Waals surface area contributed by atoms with Crippen LogP contribution in [0.2, 0.25) is 0 Å². The summed E-state index contributed by atoms with van der Waals surface area (Å²) in [5.41, 5.74) is 0. The lowest BCUT2D eigenvalue weighted by atomic mass is 9.95. The summed E-state index contributed by atoms with van der Waals surface area (Å²) in [7, 11) is 3.33. The zero-order valence-corrected chi connectivity index (χ0v) is 11.7. The molecule has 2 rings (SSSR count). The van der Waals surface area contributed by atoms with E-state index in [-0.39, 0.29) is 24.4 Å². The number of rotatable bonds is 2. The molecule has 0 aromatic heterocycles. The summed E-state index contributed by atoms with van der Waals surface area (Å²) in [5.74, 6) is 0. The molecular weight excluding hydrogens is 232 g/mol. The minimum Gasteiger partial charge on any atom is -0.390 e. The topological polar surface area (TPSA) is 58.9 Å². The maximum Gasteiger partial charge on any atom is 0.0830 e. The fourth-order valence-corrected chi connectivity index (χ4v) is 2.70. The third kappa shape index (κ3) is 5.22. The predicted molar refractivity (Wildman–Crippen MR) is 70.5 cm³/mol. The largest absolute Gasteiger partial charge is 0.390 e. The second-order valence-corrected chi connectivity index (χ2v) is 5.25. The van der Waals surface area contributed by atoms with Gasteiger partial charge in [0.15, 0.2) is 0 Å². The van der Waals surface area contributed by atoms with Gasteiger partial charge in [0.05, 0.1) is 24.4 Å². The Morgan fingerprint density at radius 3 is 1.22 bits per heavy atom. The van der Waals surface area contributed by atoms with Crippen molar-refractivity contribution < 1.29 is 19.7 Å². The van der Waals surface area contributed by atoms with E-state index in [4.69, 9.17) is 9.47 Å². The monoisotopic (exact) mass is 260 g/mol. The first-order valence-corrected chi connectivity index (χ1v) is 7.10. The first kappa shape index (κ1) is 15.9. The quantitative estimate of drug-likeness (QED) is 0.796. The number of hydrogen-bond acceptors (Lipinski definition) is 4. The number of aliphatic hydroxyl groups excluding tert-OH is 2. The summed E-state index contributed by atoms with van der Waals surface area (Å²) in [4.78, 5) is 0. The summed E-state index contributed by atoms with van der Waals surface area (Å²) >= 11 is 0. The lowest BCUT2D eigenvalue weighted by molar-refractivity contribution is -0.0359. The number of methoxy groups -OCH3 is 2. The van der Waals surface area contributed by atoms with Crippen LogP contribution >= 0.6 is 0 Å². The van der Waals surface area contributed by atoms with Crippen LogP contribution in [0.4, 0.5) is 0 Å². The van der Waals surface area contributed by atoms with Crippen LogP contribution < -0.4 is 0 Å². The maximum atomic E-state index is 9.24. The van der Waals surface area contributed by atoms with E-state index in [0.29, 0.717) is 0 Å². The third-order valence-corrected chi connectivity index (χ3v) is 3.94. The number of hydrogen-bond donors (Lipinski definition) is 2. The van der Waals surface area contributed by atoms with Crippen LogP contribution in [0.5, 0.6) is 0 Å². The Morgan fingerprint density at radius 2 is 1.00 bits per heavy atom. The first-order valence-electron chi connectivity index (χ1n) is 7.10. The van der Waals surface area contributed by atoms with E-state index in [1.807, 2.05) is 0 Å². The van der Waals surface area contributed by atoms with Crippen molar-refractivity contribution in [3.8, 4) is 0 Å². The Kier molecular flexibility index (Phi) is 7.82. The van der Waals surface area contributed by atoms with Crippen molar-refractivity contribution in [3.05, 3.63) is 0 Å². The molecule has 2 saturated carbocycles. The molecule has 0 aromatic carbocycles. The molecule has 0 saturated heterocycles. The van der Waals surface area contributed by atoms with Gasteiger partial charge in [-0.25, -0.2) is 0 Å². The molecule has 18 heavy (non-hydrogen) atoms. The summed E-state index contributed by atoms with van der Waals surface area (Å²) in [6.07, 6.45) is 8.41. The summed E-state index contributed by atoms with van der Waals surface area (Å²) < 4.78 is 10.1. The van der Waals surface area contributed by atoms with Gasteiger partial charge in [-0.2, -0.15) is 0 Å². The Morgan fingerprint density at radius 1 is 0.667 bits per heavy atom. The molecule has 0 aromatic rings. The number of aliphatic hydroxyl groups is 2. The highest BCUT2D eigenvalue weighted by atomic mass is 16.5. The van der Waals surface area contributed by atoms with Crippen LogP contribution in [0.1, 0.15) is 51.4 Å². The molecule has 0 aliphatic heterocycles. The first-order chi connectivity index (χ1) is 8.69. The van der Waals surface area contributed by atoms with E-state index < -0.39 is 0 Å². The van der Waals surface area contributed by atoms with Gasteiger partial charge in [-0.05, 0) is 25.7 Å². The SMILES string of the molecule is COC1CCCCC1O.COC1CCCCC1O. The van der Waals surface area contributed by atoms with E-state index in [1.165, 1.54) is 12.8 Å². The van der Waals surface area contributed by atoms with Crippen LogP contribution in [0.15, 0.2) is 0 Å². The zero-order valence-electron chi connectivity index (χ0n) is 11.7. The molecular formula is C14H28O4. The molecule has 4 atom stereocenters. The third-order valence-electron chi connectivity index (χ3n) is 3.94. The molecule has 4 nitrogen and oxygen atoms in total. The molecule has 4 unspecified atom stereocenters. The predicted octanol–water partition coefficient (Wildman–Crippen LogP) is 1.87. The lowest BCUT2D eigenvalue weighted by Crippen LogP contribution is -2.30. The zero-order chi connectivity index (χ0) is 13.4. The highest BCUT2D eigenvalue weighted by Gasteiger charge is 2.22. The standard InChI is InChI=1S/2C7H14O2/c2*1-9-7-5-3-2-4-6(7)8/h2*6-8H,2-5H2,1H3. The van der Waals surface area contributed by atoms with Crippen LogP contribution in [-0.4, -0.2) is 48.8 Å². The van der Waals surface area contributed by atoms with Crippen LogP contribution in [-0.2, 0) is 9.47 Å². The molecule has 2 aliphatic rings. The molecule has 2 fully saturated rings. The van der Waals surface area contributed by atoms with Gasteiger partial charge < -0.3 is 19.7 Å². The fraction of sp³-hybridized carbons (Fsp3) is 1.00. The summed E-state index contributed by atoms with van der Waals surface area (Å²) in [5, 5.41) is 18.5. The second-order valence-electron chi connectivity index (χ2n) is 5.25. The molecule has 2 N–H and O–H groups in total. The van der Waals surface area contributed by atoms with Gasteiger partial charge in [-0.15, -0.1) is 0 Å². The van der Waals surface area contributed by atoms with Crippen molar-refractivity contribution in [2.45, 2.75) is 75.8 Å². The van der Waals surface area contributed by atoms with E-state index >= 15 is 0 Å². The Balaban J connectivity index is 0.000000180. The maximum absolute atomic E-state index is 9.24. The van der Waals surface area contributed by atoms with Gasteiger partial charge in [-0.3, -0.25) is 0 Å². The molecule has 0 radical (unpaired) electrons. The van der Waals surface area contributed by atoms with Gasteiger partial charge in [0.25, 0.3) is 0 Å².